The molecule has 8 heteroatoms. The van der Waals surface area contributed by atoms with Crippen LogP contribution in [0.4, 0.5) is 0 Å². The van der Waals surface area contributed by atoms with E-state index in [1.165, 1.54) is 0 Å². The van der Waals surface area contributed by atoms with Gasteiger partial charge in [-0.2, -0.15) is 0 Å². The molecule has 0 spiro atoms. The van der Waals surface area contributed by atoms with E-state index in [1.54, 1.807) is 42.6 Å². The topological polar surface area (TPSA) is 68.3 Å². The molecule has 0 aliphatic heterocycles. The van der Waals surface area contributed by atoms with Crippen molar-refractivity contribution >= 4 is 23.2 Å². The van der Waals surface area contributed by atoms with Crippen LogP contribution < -0.4 is 9.47 Å². The van der Waals surface area contributed by atoms with E-state index >= 15 is 0 Å². The van der Waals surface area contributed by atoms with E-state index in [0.717, 1.165) is 16.0 Å². The highest BCUT2D eigenvalue weighted by atomic mass is 32.1. The van der Waals surface area contributed by atoms with Crippen LogP contribution in [0.25, 0.3) is 0 Å². The quantitative estimate of drug-likeness (QED) is 0.248. The first-order chi connectivity index (χ1) is 18.5. The molecule has 0 aliphatic rings. The van der Waals surface area contributed by atoms with Crippen LogP contribution >= 0.6 is 11.3 Å². The summed E-state index contributed by atoms with van der Waals surface area (Å²) in [7, 11) is 3.22. The number of carbonyl (C=O) groups excluding carboxylic acids is 2. The number of methoxy groups -OCH3 is 2. The Balaban J connectivity index is 1.78. The van der Waals surface area contributed by atoms with E-state index in [2.05, 4.69) is 13.0 Å². The van der Waals surface area contributed by atoms with Gasteiger partial charge in [-0.3, -0.25) is 9.59 Å². The average Bonchev–Trinajstić information content (AvgIpc) is 3.36. The first-order valence-electron chi connectivity index (χ1n) is 12.9. The van der Waals surface area contributed by atoms with Crippen LogP contribution in [0.1, 0.15) is 39.7 Å². The maximum Gasteiger partial charge on any atom is 0.254 e. The van der Waals surface area contributed by atoms with Crippen molar-refractivity contribution in [2.75, 3.05) is 47.1 Å². The van der Waals surface area contributed by atoms with E-state index in [9.17, 15) is 9.59 Å². The zero-order chi connectivity index (χ0) is 27.3. The Bertz CT molecular complexity index is 1160. The van der Waals surface area contributed by atoms with Crippen molar-refractivity contribution in [3.63, 3.8) is 0 Å². The van der Waals surface area contributed by atoms with Crippen molar-refractivity contribution in [2.24, 2.45) is 0 Å². The molecule has 0 saturated heterocycles. The predicted molar refractivity (Wildman–Crippen MR) is 151 cm³/mol. The summed E-state index contributed by atoms with van der Waals surface area (Å²) in [6, 6.07) is 17.0. The second-order valence-electron chi connectivity index (χ2n) is 8.92. The molecule has 2 amide bonds. The molecule has 0 atom stereocenters. The molecular weight excluding hydrogens is 500 g/mol. The summed E-state index contributed by atoms with van der Waals surface area (Å²) in [6.07, 6.45) is 1.31. The Morgan fingerprint density at radius 3 is 2.34 bits per heavy atom. The van der Waals surface area contributed by atoms with Crippen LogP contribution in [0.2, 0.25) is 0 Å². The van der Waals surface area contributed by atoms with Gasteiger partial charge < -0.3 is 24.0 Å². The fourth-order valence-corrected chi connectivity index (χ4v) is 5.03. The largest absolute Gasteiger partial charge is 0.493 e. The van der Waals surface area contributed by atoms with Gasteiger partial charge in [0.05, 0.1) is 20.8 Å². The first kappa shape index (κ1) is 29.2. The number of rotatable bonds is 15. The van der Waals surface area contributed by atoms with Crippen LogP contribution in [0.5, 0.6) is 11.5 Å². The maximum absolute atomic E-state index is 13.7. The normalized spacial score (nSPS) is 10.7. The Morgan fingerprint density at radius 1 is 0.921 bits per heavy atom. The summed E-state index contributed by atoms with van der Waals surface area (Å²) in [5, 5.41) is 2.04. The number of thiophene rings is 1. The van der Waals surface area contributed by atoms with E-state index in [4.69, 9.17) is 14.2 Å². The summed E-state index contributed by atoms with van der Waals surface area (Å²) >= 11 is 1.64. The molecule has 0 N–H and O–H groups in total. The molecule has 0 radical (unpaired) electrons. The van der Waals surface area contributed by atoms with Crippen molar-refractivity contribution in [1.29, 1.82) is 0 Å². The van der Waals surface area contributed by atoms with Crippen molar-refractivity contribution in [3.8, 4) is 11.5 Å². The highest BCUT2D eigenvalue weighted by Crippen LogP contribution is 2.28. The molecule has 1 aromatic heterocycles. The number of benzene rings is 2. The second-order valence-corrected chi connectivity index (χ2v) is 9.93. The molecule has 204 valence electrons. The van der Waals surface area contributed by atoms with Gasteiger partial charge in [0.25, 0.3) is 5.91 Å². The predicted octanol–water partition coefficient (Wildman–Crippen LogP) is 5.21. The smallest absolute Gasteiger partial charge is 0.254 e. The van der Waals surface area contributed by atoms with E-state index in [1.807, 2.05) is 53.6 Å². The van der Waals surface area contributed by atoms with Gasteiger partial charge in [-0.25, -0.2) is 0 Å². The van der Waals surface area contributed by atoms with Gasteiger partial charge in [0.1, 0.15) is 6.54 Å². The van der Waals surface area contributed by atoms with Gasteiger partial charge in [0, 0.05) is 36.7 Å². The lowest BCUT2D eigenvalue weighted by atomic mass is 10.1. The minimum Gasteiger partial charge on any atom is -0.493 e. The third-order valence-electron chi connectivity index (χ3n) is 6.33. The van der Waals surface area contributed by atoms with Gasteiger partial charge in [-0.15, -0.1) is 11.3 Å². The Morgan fingerprint density at radius 2 is 1.68 bits per heavy atom. The monoisotopic (exact) mass is 538 g/mol. The van der Waals surface area contributed by atoms with Gasteiger partial charge in [-0.1, -0.05) is 24.3 Å². The molecule has 0 saturated carbocycles. The second kappa shape index (κ2) is 15.1. The number of aryl methyl sites for hydroxylation is 1. The molecule has 3 rings (SSSR count). The van der Waals surface area contributed by atoms with Crippen LogP contribution in [-0.2, 0) is 22.5 Å². The molecule has 0 unspecified atom stereocenters. The molecule has 2 aromatic carbocycles. The van der Waals surface area contributed by atoms with Gasteiger partial charge in [-0.05, 0) is 73.5 Å². The van der Waals surface area contributed by atoms with Crippen molar-refractivity contribution in [2.45, 2.75) is 33.2 Å². The third-order valence-corrected chi connectivity index (χ3v) is 7.34. The number of carbonyl (C=O) groups is 2. The molecule has 3 aromatic rings. The Labute approximate surface area is 229 Å². The fraction of sp³-hybridized carbons (Fsp3) is 0.400. The SMILES string of the molecule is CCOCCCN(CC(=O)N(CCc1ccc(OC)c(OC)c1)Cc1sccc1C)C(=O)c1ccccc1. The Kier molecular flexibility index (Phi) is 11.6. The number of hydrogen-bond acceptors (Lipinski definition) is 6. The first-order valence-corrected chi connectivity index (χ1v) is 13.8. The van der Waals surface area contributed by atoms with Crippen LogP contribution in [0.3, 0.4) is 0 Å². The molecule has 0 aliphatic carbocycles. The molecular formula is C30H38N2O5S. The molecule has 7 nitrogen and oxygen atoms in total. The van der Waals surface area contributed by atoms with E-state index in [-0.39, 0.29) is 18.4 Å². The minimum atomic E-state index is -0.150. The summed E-state index contributed by atoms with van der Waals surface area (Å²) in [5.74, 6) is 1.09. The Hall–Kier alpha value is -3.36. The van der Waals surface area contributed by atoms with Crippen LogP contribution in [0.15, 0.2) is 60.0 Å². The zero-order valence-corrected chi connectivity index (χ0v) is 23.6. The fourth-order valence-electron chi connectivity index (χ4n) is 4.11. The summed E-state index contributed by atoms with van der Waals surface area (Å²) in [6.45, 7) is 6.63. The van der Waals surface area contributed by atoms with Gasteiger partial charge in [0.2, 0.25) is 5.91 Å². The van der Waals surface area contributed by atoms with E-state index < -0.39 is 0 Å². The molecule has 0 bridgehead atoms. The van der Waals surface area contributed by atoms with Crippen molar-refractivity contribution < 1.29 is 23.8 Å². The average molecular weight is 539 g/mol. The lowest BCUT2D eigenvalue weighted by Gasteiger charge is -2.28. The van der Waals surface area contributed by atoms with E-state index in [0.29, 0.717) is 62.8 Å². The van der Waals surface area contributed by atoms with Crippen molar-refractivity contribution in [3.05, 3.63) is 81.5 Å². The van der Waals surface area contributed by atoms with Gasteiger partial charge in [0.15, 0.2) is 11.5 Å². The zero-order valence-electron chi connectivity index (χ0n) is 22.8. The lowest BCUT2D eigenvalue weighted by Crippen LogP contribution is -2.44. The van der Waals surface area contributed by atoms with Crippen LogP contribution in [-0.4, -0.2) is 68.7 Å². The number of amides is 2. The number of hydrogen-bond donors (Lipinski definition) is 0. The standard InChI is InChI=1S/C30H38N2O5S/c1-5-37-18-9-16-32(30(34)25-10-7-6-8-11-25)22-29(33)31(21-28-23(2)15-19-38-28)17-14-24-12-13-26(35-3)27(20-24)36-4/h6-8,10-13,15,19-20H,5,9,14,16-18,21-22H2,1-4H3. The highest BCUT2D eigenvalue weighted by molar-refractivity contribution is 7.10. The lowest BCUT2D eigenvalue weighted by molar-refractivity contribution is -0.132. The molecule has 0 fully saturated rings. The van der Waals surface area contributed by atoms with Gasteiger partial charge >= 0.3 is 0 Å². The highest BCUT2D eigenvalue weighted by Gasteiger charge is 2.23. The summed E-state index contributed by atoms with van der Waals surface area (Å²) < 4.78 is 16.3. The third kappa shape index (κ3) is 8.33. The van der Waals surface area contributed by atoms with Crippen LogP contribution in [0, 0.1) is 6.92 Å². The maximum atomic E-state index is 13.7. The summed E-state index contributed by atoms with van der Waals surface area (Å²) in [5.41, 5.74) is 2.77. The molecule has 38 heavy (non-hydrogen) atoms. The minimum absolute atomic E-state index is 0.0101. The number of nitrogens with zero attached hydrogens (tertiary/aromatic N) is 2. The van der Waals surface area contributed by atoms with Crippen molar-refractivity contribution in [1.82, 2.24) is 9.80 Å². The summed E-state index contributed by atoms with van der Waals surface area (Å²) in [4.78, 5) is 31.7. The molecule has 1 heterocycles. The number of ether oxygens (including phenoxy) is 3.